The largest absolute Gasteiger partial charge is 0.493 e. The predicted molar refractivity (Wildman–Crippen MR) is 95.2 cm³/mol. The minimum Gasteiger partial charge on any atom is -0.493 e. The fourth-order valence-electron chi connectivity index (χ4n) is 2.93. The summed E-state index contributed by atoms with van der Waals surface area (Å²) in [5.41, 5.74) is 0.282. The summed E-state index contributed by atoms with van der Waals surface area (Å²) in [7, 11) is 1.54. The summed E-state index contributed by atoms with van der Waals surface area (Å²) in [6, 6.07) is 6.49. The van der Waals surface area contributed by atoms with Gasteiger partial charge in [-0.3, -0.25) is 4.79 Å². The van der Waals surface area contributed by atoms with Crippen molar-refractivity contribution in [3.05, 3.63) is 52.6 Å². The van der Waals surface area contributed by atoms with Gasteiger partial charge in [-0.25, -0.2) is 8.78 Å². The van der Waals surface area contributed by atoms with Crippen molar-refractivity contribution >= 4 is 23.2 Å². The lowest BCUT2D eigenvalue weighted by molar-refractivity contribution is 0.102. The second kappa shape index (κ2) is 7.91. The lowest BCUT2D eigenvalue weighted by Crippen LogP contribution is -2.14. The summed E-state index contributed by atoms with van der Waals surface area (Å²) in [6.07, 6.45) is 4.32. The van der Waals surface area contributed by atoms with Gasteiger partial charge in [0.25, 0.3) is 5.91 Å². The second-order valence-corrected chi connectivity index (χ2v) is 6.50. The smallest absolute Gasteiger partial charge is 0.257 e. The molecule has 0 heterocycles. The molecule has 0 radical (unpaired) electrons. The van der Waals surface area contributed by atoms with E-state index < -0.39 is 17.5 Å². The average Bonchev–Trinajstić information content (AvgIpc) is 3.11. The molecule has 1 N–H and O–H groups in total. The maximum atomic E-state index is 13.4. The lowest BCUT2D eigenvalue weighted by atomic mass is 10.2. The molecule has 2 aromatic rings. The molecule has 0 aliphatic heterocycles. The zero-order valence-electron chi connectivity index (χ0n) is 14.2. The number of nitrogens with one attached hydrogen (secondary N) is 1. The molecule has 4 nitrogen and oxygen atoms in total. The molecule has 0 aromatic heterocycles. The molecule has 0 saturated heterocycles. The minimum absolute atomic E-state index is 0.121. The molecule has 7 heteroatoms. The number of hydrogen-bond donors (Lipinski definition) is 1. The Morgan fingerprint density at radius 3 is 2.50 bits per heavy atom. The number of rotatable bonds is 5. The van der Waals surface area contributed by atoms with Gasteiger partial charge in [-0.2, -0.15) is 0 Å². The molecule has 3 rings (SSSR count). The Kier molecular flexibility index (Phi) is 5.61. The average molecular weight is 382 g/mol. The third-order valence-corrected chi connectivity index (χ3v) is 4.58. The molecule has 0 atom stereocenters. The summed E-state index contributed by atoms with van der Waals surface area (Å²) in [5.74, 6) is -1.82. The summed E-state index contributed by atoms with van der Waals surface area (Å²) < 4.78 is 37.8. The summed E-state index contributed by atoms with van der Waals surface area (Å²) >= 11 is 5.84. The van der Waals surface area contributed by atoms with Crippen LogP contribution in [0.25, 0.3) is 0 Å². The maximum Gasteiger partial charge on any atom is 0.257 e. The van der Waals surface area contributed by atoms with Gasteiger partial charge in [-0.15, -0.1) is 0 Å². The van der Waals surface area contributed by atoms with Crippen LogP contribution in [-0.4, -0.2) is 19.1 Å². The van der Waals surface area contributed by atoms with Crippen LogP contribution in [0.5, 0.6) is 11.5 Å². The quantitative estimate of drug-likeness (QED) is 0.724. The number of halogens is 3. The first-order chi connectivity index (χ1) is 12.5. The highest BCUT2D eigenvalue weighted by Gasteiger charge is 2.20. The van der Waals surface area contributed by atoms with Crippen LogP contribution in [0, 0.1) is 11.6 Å². The van der Waals surface area contributed by atoms with E-state index in [2.05, 4.69) is 5.32 Å². The second-order valence-electron chi connectivity index (χ2n) is 6.09. The molecule has 1 saturated carbocycles. The number of carbonyl (C=O) groups excluding carboxylic acids is 1. The topological polar surface area (TPSA) is 47.6 Å². The van der Waals surface area contributed by atoms with E-state index in [0.717, 1.165) is 37.8 Å². The minimum atomic E-state index is -1.14. The van der Waals surface area contributed by atoms with Crippen LogP contribution in [0.1, 0.15) is 36.0 Å². The Morgan fingerprint density at radius 1 is 1.12 bits per heavy atom. The summed E-state index contributed by atoms with van der Waals surface area (Å²) in [4.78, 5) is 12.4. The number of amides is 1. The van der Waals surface area contributed by atoms with Crippen molar-refractivity contribution in [3.63, 3.8) is 0 Å². The molecule has 26 heavy (non-hydrogen) atoms. The number of methoxy groups -OCH3 is 1. The Morgan fingerprint density at radius 2 is 1.81 bits per heavy atom. The van der Waals surface area contributed by atoms with E-state index in [4.69, 9.17) is 21.1 Å². The summed E-state index contributed by atoms with van der Waals surface area (Å²) in [6.45, 7) is 0. The van der Waals surface area contributed by atoms with Crippen LogP contribution in [0.15, 0.2) is 30.3 Å². The molecule has 138 valence electrons. The molecule has 0 bridgehead atoms. The standard InChI is InChI=1S/C19H18ClF2NO3/c1-25-17-7-6-11(8-18(17)26-12-4-2-3-5-12)23-19(24)13-9-15(21)16(22)10-14(13)20/h6-10,12H,2-5H2,1H3,(H,23,24). The summed E-state index contributed by atoms with van der Waals surface area (Å²) in [5, 5.41) is 2.45. The fraction of sp³-hybridized carbons (Fsp3) is 0.316. The normalized spacial score (nSPS) is 14.3. The third-order valence-electron chi connectivity index (χ3n) is 4.27. The van der Waals surface area contributed by atoms with Crippen molar-refractivity contribution in [1.29, 1.82) is 0 Å². The first-order valence-electron chi connectivity index (χ1n) is 8.28. The van der Waals surface area contributed by atoms with Crippen molar-refractivity contribution in [2.24, 2.45) is 0 Å². The van der Waals surface area contributed by atoms with Crippen molar-refractivity contribution in [2.75, 3.05) is 12.4 Å². The van der Waals surface area contributed by atoms with Gasteiger partial charge in [0, 0.05) is 11.8 Å². The lowest BCUT2D eigenvalue weighted by Gasteiger charge is -2.17. The molecule has 1 amide bonds. The fourth-order valence-corrected chi connectivity index (χ4v) is 3.16. The van der Waals surface area contributed by atoms with Crippen LogP contribution >= 0.6 is 11.6 Å². The molecular weight excluding hydrogens is 364 g/mol. The van der Waals surface area contributed by atoms with Crippen molar-refractivity contribution in [2.45, 2.75) is 31.8 Å². The van der Waals surface area contributed by atoms with Gasteiger partial charge >= 0.3 is 0 Å². The van der Waals surface area contributed by atoms with E-state index in [9.17, 15) is 13.6 Å². The van der Waals surface area contributed by atoms with Gasteiger partial charge in [0.1, 0.15) is 0 Å². The highest BCUT2D eigenvalue weighted by Crippen LogP contribution is 2.34. The zero-order chi connectivity index (χ0) is 18.7. The molecule has 2 aromatic carbocycles. The monoisotopic (exact) mass is 381 g/mol. The van der Waals surface area contributed by atoms with Gasteiger partial charge in [0.2, 0.25) is 0 Å². The van der Waals surface area contributed by atoms with E-state index in [0.29, 0.717) is 17.2 Å². The molecule has 1 aliphatic carbocycles. The molecular formula is C19H18ClF2NO3. The van der Waals surface area contributed by atoms with Gasteiger partial charge in [-0.1, -0.05) is 11.6 Å². The zero-order valence-corrected chi connectivity index (χ0v) is 14.9. The highest BCUT2D eigenvalue weighted by molar-refractivity contribution is 6.34. The number of benzene rings is 2. The van der Waals surface area contributed by atoms with Crippen molar-refractivity contribution in [3.8, 4) is 11.5 Å². The van der Waals surface area contributed by atoms with Gasteiger partial charge in [-0.05, 0) is 49.9 Å². The van der Waals surface area contributed by atoms with E-state index >= 15 is 0 Å². The Labute approximate surface area is 155 Å². The molecule has 0 spiro atoms. The van der Waals surface area contributed by atoms with Crippen LogP contribution in [0.4, 0.5) is 14.5 Å². The number of hydrogen-bond acceptors (Lipinski definition) is 3. The van der Waals surface area contributed by atoms with E-state index in [-0.39, 0.29) is 16.7 Å². The number of anilines is 1. The third kappa shape index (κ3) is 4.07. The number of ether oxygens (including phenoxy) is 2. The molecule has 1 fully saturated rings. The van der Waals surface area contributed by atoms with Gasteiger partial charge < -0.3 is 14.8 Å². The van der Waals surface area contributed by atoms with Crippen molar-refractivity contribution in [1.82, 2.24) is 0 Å². The Hall–Kier alpha value is -2.34. The van der Waals surface area contributed by atoms with E-state index in [1.54, 1.807) is 18.2 Å². The van der Waals surface area contributed by atoms with Crippen LogP contribution in [-0.2, 0) is 0 Å². The Bertz CT molecular complexity index is 823. The first-order valence-corrected chi connectivity index (χ1v) is 8.66. The van der Waals surface area contributed by atoms with Gasteiger partial charge in [0.15, 0.2) is 23.1 Å². The van der Waals surface area contributed by atoms with Crippen LogP contribution in [0.2, 0.25) is 5.02 Å². The maximum absolute atomic E-state index is 13.4. The molecule has 1 aliphatic rings. The SMILES string of the molecule is COc1ccc(NC(=O)c2cc(F)c(F)cc2Cl)cc1OC1CCCC1. The van der Waals surface area contributed by atoms with Gasteiger partial charge in [0.05, 0.1) is 23.8 Å². The number of carbonyl (C=O) groups is 1. The van der Waals surface area contributed by atoms with Crippen LogP contribution < -0.4 is 14.8 Å². The first kappa shape index (κ1) is 18.5. The van der Waals surface area contributed by atoms with Crippen LogP contribution in [0.3, 0.4) is 0 Å². The molecule has 0 unspecified atom stereocenters. The highest BCUT2D eigenvalue weighted by atomic mass is 35.5. The van der Waals surface area contributed by atoms with E-state index in [1.165, 1.54) is 7.11 Å². The van der Waals surface area contributed by atoms with E-state index in [1.807, 2.05) is 0 Å². The van der Waals surface area contributed by atoms with Crippen molar-refractivity contribution < 1.29 is 23.0 Å². The predicted octanol–water partition coefficient (Wildman–Crippen LogP) is 5.20. The Balaban J connectivity index is 1.80.